The number of carboxylic acids is 1. The lowest BCUT2D eigenvalue weighted by atomic mass is 10.1. The number of aromatic carboxylic acids is 1. The molecule has 2 rings (SSSR count). The van der Waals surface area contributed by atoms with E-state index in [0.29, 0.717) is 0 Å². The highest BCUT2D eigenvalue weighted by molar-refractivity contribution is 9.10. The number of benzene rings is 2. The summed E-state index contributed by atoms with van der Waals surface area (Å²) >= 11 is 2.97. The van der Waals surface area contributed by atoms with Gasteiger partial charge in [0.1, 0.15) is 5.69 Å². The molecule has 0 saturated carbocycles. The molecule has 2 aromatic carbocycles. The average molecular weight is 343 g/mol. The van der Waals surface area contributed by atoms with Gasteiger partial charge in [-0.1, -0.05) is 15.9 Å². The van der Waals surface area contributed by atoms with Crippen molar-refractivity contribution in [1.29, 1.82) is 0 Å². The smallest absolute Gasteiger partial charge is 0.335 e. The second-order valence-corrected chi connectivity index (χ2v) is 4.89. The van der Waals surface area contributed by atoms with Gasteiger partial charge in [-0.2, -0.15) is 0 Å². The second-order valence-electron chi connectivity index (χ2n) is 3.98. The van der Waals surface area contributed by atoms with Crippen LogP contribution in [0.15, 0.2) is 34.8 Å². The first-order chi connectivity index (χ1) is 9.38. The van der Waals surface area contributed by atoms with Gasteiger partial charge < -0.3 is 16.2 Å². The van der Waals surface area contributed by atoms with E-state index in [0.717, 1.165) is 12.1 Å². The van der Waals surface area contributed by atoms with Crippen LogP contribution in [-0.4, -0.2) is 11.1 Å². The zero-order valence-corrected chi connectivity index (χ0v) is 11.5. The number of anilines is 3. The van der Waals surface area contributed by atoms with Gasteiger partial charge in [0, 0.05) is 4.47 Å². The van der Waals surface area contributed by atoms with Crippen LogP contribution >= 0.6 is 15.9 Å². The van der Waals surface area contributed by atoms with Crippen LogP contribution in [0.3, 0.4) is 0 Å². The van der Waals surface area contributed by atoms with E-state index >= 15 is 0 Å². The predicted molar refractivity (Wildman–Crippen MR) is 75.2 cm³/mol. The molecule has 0 atom stereocenters. The zero-order valence-electron chi connectivity index (χ0n) is 9.95. The minimum absolute atomic E-state index is 0.00944. The maximum atomic E-state index is 13.7. The number of carbonyl (C=O) groups is 1. The fourth-order valence-corrected chi connectivity index (χ4v) is 2.01. The van der Waals surface area contributed by atoms with Gasteiger partial charge in [-0.05, 0) is 30.3 Å². The van der Waals surface area contributed by atoms with Crippen molar-refractivity contribution in [2.75, 3.05) is 11.1 Å². The van der Waals surface area contributed by atoms with Crippen molar-refractivity contribution in [3.63, 3.8) is 0 Å². The second kappa shape index (κ2) is 5.46. The lowest BCUT2D eigenvalue weighted by Crippen LogP contribution is -2.03. The summed E-state index contributed by atoms with van der Waals surface area (Å²) in [5.74, 6) is -2.72. The van der Waals surface area contributed by atoms with E-state index in [2.05, 4.69) is 21.2 Å². The molecule has 7 heteroatoms. The van der Waals surface area contributed by atoms with Crippen molar-refractivity contribution in [2.45, 2.75) is 0 Å². The van der Waals surface area contributed by atoms with E-state index in [-0.39, 0.29) is 27.1 Å². The number of nitrogens with one attached hydrogen (secondary N) is 1. The first-order valence-corrected chi connectivity index (χ1v) is 6.22. The van der Waals surface area contributed by atoms with Crippen LogP contribution in [0.25, 0.3) is 0 Å². The molecule has 0 radical (unpaired) electrons. The lowest BCUT2D eigenvalue weighted by molar-refractivity contribution is 0.0697. The molecule has 4 N–H and O–H groups in total. The van der Waals surface area contributed by atoms with Crippen LogP contribution in [0.5, 0.6) is 0 Å². The molecule has 0 heterocycles. The Morgan fingerprint density at radius 3 is 2.30 bits per heavy atom. The van der Waals surface area contributed by atoms with Crippen LogP contribution in [0, 0.1) is 11.6 Å². The average Bonchev–Trinajstić information content (AvgIpc) is 2.34. The molecule has 0 amide bonds. The summed E-state index contributed by atoms with van der Waals surface area (Å²) in [7, 11) is 0. The van der Waals surface area contributed by atoms with Crippen molar-refractivity contribution in [3.8, 4) is 0 Å². The quantitative estimate of drug-likeness (QED) is 0.742. The Hall–Kier alpha value is -2.15. The minimum Gasteiger partial charge on any atom is -0.478 e. The summed E-state index contributed by atoms with van der Waals surface area (Å²) in [6.07, 6.45) is 0. The van der Waals surface area contributed by atoms with E-state index in [1.165, 1.54) is 18.2 Å². The summed E-state index contributed by atoms with van der Waals surface area (Å²) in [4.78, 5) is 10.8. The number of nitrogen functional groups attached to an aromatic ring is 1. The summed E-state index contributed by atoms with van der Waals surface area (Å²) in [6, 6.07) is 6.05. The van der Waals surface area contributed by atoms with E-state index in [9.17, 15) is 13.6 Å². The van der Waals surface area contributed by atoms with Crippen LogP contribution in [0.2, 0.25) is 0 Å². The summed E-state index contributed by atoms with van der Waals surface area (Å²) in [5, 5.41) is 11.3. The van der Waals surface area contributed by atoms with E-state index in [1.54, 1.807) is 0 Å². The first kappa shape index (κ1) is 14.3. The highest BCUT2D eigenvalue weighted by Crippen LogP contribution is 2.29. The monoisotopic (exact) mass is 342 g/mol. The van der Waals surface area contributed by atoms with Crippen LogP contribution in [-0.2, 0) is 0 Å². The van der Waals surface area contributed by atoms with E-state index < -0.39 is 17.6 Å². The number of halogens is 3. The van der Waals surface area contributed by atoms with Gasteiger partial charge in [-0.15, -0.1) is 0 Å². The van der Waals surface area contributed by atoms with Crippen LogP contribution in [0.1, 0.15) is 10.4 Å². The number of hydrogen-bond acceptors (Lipinski definition) is 3. The molecule has 104 valence electrons. The predicted octanol–water partition coefficient (Wildman–Crippen LogP) is 3.75. The van der Waals surface area contributed by atoms with Gasteiger partial charge in [0.25, 0.3) is 0 Å². The topological polar surface area (TPSA) is 75.4 Å². The van der Waals surface area contributed by atoms with Gasteiger partial charge in [0.05, 0.1) is 16.9 Å². The van der Waals surface area contributed by atoms with E-state index in [4.69, 9.17) is 10.8 Å². The lowest BCUT2D eigenvalue weighted by Gasteiger charge is -2.12. The molecule has 0 saturated heterocycles. The molecule has 0 aliphatic carbocycles. The number of carboxylic acid groups (broad SMARTS) is 1. The molecule has 0 unspecified atom stereocenters. The van der Waals surface area contributed by atoms with Crippen molar-refractivity contribution in [1.82, 2.24) is 0 Å². The fourth-order valence-electron chi connectivity index (χ4n) is 1.61. The highest BCUT2D eigenvalue weighted by atomic mass is 79.9. The van der Waals surface area contributed by atoms with Crippen molar-refractivity contribution in [3.05, 3.63) is 52.0 Å². The van der Waals surface area contributed by atoms with Gasteiger partial charge >= 0.3 is 5.97 Å². The normalized spacial score (nSPS) is 10.3. The van der Waals surface area contributed by atoms with Gasteiger partial charge in [-0.3, -0.25) is 0 Å². The maximum absolute atomic E-state index is 13.7. The molecule has 0 fully saturated rings. The number of nitrogens with two attached hydrogens (primary N) is 1. The third kappa shape index (κ3) is 2.88. The third-order valence-electron chi connectivity index (χ3n) is 2.57. The number of rotatable bonds is 3. The Morgan fingerprint density at radius 1 is 1.20 bits per heavy atom. The van der Waals surface area contributed by atoms with Gasteiger partial charge in [0.2, 0.25) is 0 Å². The Kier molecular flexibility index (Phi) is 3.89. The largest absolute Gasteiger partial charge is 0.478 e. The standard InChI is InChI=1S/C13H9BrF2N2O2/c14-7-4-8(15)12(9(16)5-7)18-11-2-1-6(13(19)20)3-10(11)17/h1-5,18H,17H2,(H,19,20). The third-order valence-corrected chi connectivity index (χ3v) is 3.02. The molecule has 0 bridgehead atoms. The minimum atomic E-state index is -1.13. The molecule has 0 spiro atoms. The van der Waals surface area contributed by atoms with Crippen LogP contribution in [0.4, 0.5) is 25.8 Å². The summed E-state index contributed by atoms with van der Waals surface area (Å²) in [6.45, 7) is 0. The molecule has 20 heavy (non-hydrogen) atoms. The van der Waals surface area contributed by atoms with Crippen molar-refractivity contribution in [2.24, 2.45) is 0 Å². The maximum Gasteiger partial charge on any atom is 0.335 e. The molecule has 0 aliphatic heterocycles. The molecule has 2 aromatic rings. The Labute approximate surface area is 121 Å². The fraction of sp³-hybridized carbons (Fsp3) is 0. The number of hydrogen-bond donors (Lipinski definition) is 3. The zero-order chi connectivity index (χ0) is 14.9. The van der Waals surface area contributed by atoms with Crippen LogP contribution < -0.4 is 11.1 Å². The summed E-state index contributed by atoms with van der Waals surface area (Å²) in [5.41, 5.74) is 5.58. The SMILES string of the molecule is Nc1cc(C(=O)O)ccc1Nc1c(F)cc(Br)cc1F. The van der Waals surface area contributed by atoms with Crippen molar-refractivity contribution >= 4 is 39.0 Å². The molecule has 4 nitrogen and oxygen atoms in total. The highest BCUT2D eigenvalue weighted by Gasteiger charge is 2.13. The van der Waals surface area contributed by atoms with Gasteiger partial charge in [0.15, 0.2) is 11.6 Å². The summed E-state index contributed by atoms with van der Waals surface area (Å²) < 4.78 is 27.6. The first-order valence-electron chi connectivity index (χ1n) is 5.43. The van der Waals surface area contributed by atoms with Gasteiger partial charge in [-0.25, -0.2) is 13.6 Å². The Balaban J connectivity index is 2.38. The Morgan fingerprint density at radius 2 is 1.80 bits per heavy atom. The molecular formula is C13H9BrF2N2O2. The van der Waals surface area contributed by atoms with E-state index in [1.807, 2.05) is 0 Å². The molecular weight excluding hydrogens is 334 g/mol. The molecule has 0 aliphatic rings. The molecule has 0 aromatic heterocycles. The van der Waals surface area contributed by atoms with Crippen molar-refractivity contribution < 1.29 is 18.7 Å². The Bertz CT molecular complexity index is 669.